The van der Waals surface area contributed by atoms with Gasteiger partial charge in [-0.25, -0.2) is 0 Å². The highest BCUT2D eigenvalue weighted by Crippen LogP contribution is 2.23. The van der Waals surface area contributed by atoms with Crippen LogP contribution in [0.2, 0.25) is 0 Å². The van der Waals surface area contributed by atoms with Crippen molar-refractivity contribution in [2.45, 2.75) is 12.1 Å². The molecule has 4 amide bonds. The van der Waals surface area contributed by atoms with E-state index in [1.807, 2.05) is 0 Å². The smallest absolute Gasteiger partial charge is 0.243 e. The molecule has 0 bridgehead atoms. The zero-order valence-electron chi connectivity index (χ0n) is 10.4. The van der Waals surface area contributed by atoms with Gasteiger partial charge >= 0.3 is 0 Å². The van der Waals surface area contributed by atoms with Gasteiger partial charge in [0.05, 0.1) is 13.1 Å². The van der Waals surface area contributed by atoms with Gasteiger partial charge in [0.15, 0.2) is 0 Å². The van der Waals surface area contributed by atoms with Gasteiger partial charge in [0.25, 0.3) is 0 Å². The Morgan fingerprint density at radius 1 is 0.800 bits per heavy atom. The number of hydrogen-bond donors (Lipinski definition) is 4. The van der Waals surface area contributed by atoms with E-state index in [1.165, 1.54) is 21.6 Å². The lowest BCUT2D eigenvalue weighted by Crippen LogP contribution is -2.57. The van der Waals surface area contributed by atoms with Gasteiger partial charge in [-0.05, 0) is 0 Å². The van der Waals surface area contributed by atoms with Crippen molar-refractivity contribution in [3.8, 4) is 0 Å². The van der Waals surface area contributed by atoms with Crippen LogP contribution in [0.25, 0.3) is 0 Å². The molecule has 2 fully saturated rings. The highest BCUT2D eigenvalue weighted by molar-refractivity contribution is 8.76. The average molecular weight is 318 g/mol. The van der Waals surface area contributed by atoms with Crippen molar-refractivity contribution in [2.24, 2.45) is 0 Å². The van der Waals surface area contributed by atoms with Crippen molar-refractivity contribution in [1.29, 1.82) is 0 Å². The predicted octanol–water partition coefficient (Wildman–Crippen LogP) is -2.40. The van der Waals surface area contributed by atoms with Crippen LogP contribution in [0, 0.1) is 0 Å². The monoisotopic (exact) mass is 318 g/mol. The Balaban J connectivity index is 1.68. The van der Waals surface area contributed by atoms with Crippen LogP contribution in [0.4, 0.5) is 0 Å². The molecule has 2 unspecified atom stereocenters. The maximum absolute atomic E-state index is 11.5. The summed E-state index contributed by atoms with van der Waals surface area (Å²) in [6.45, 7) is 0.0306. The van der Waals surface area contributed by atoms with Gasteiger partial charge in [-0.1, -0.05) is 21.6 Å². The maximum Gasteiger partial charge on any atom is 0.243 e. The fraction of sp³-hybridized carbons (Fsp3) is 0.600. The highest BCUT2D eigenvalue weighted by atomic mass is 33.1. The SMILES string of the molecule is O=C1CNC(=O)C(CSSCC2NC(=O)CNC2=O)N1. The van der Waals surface area contributed by atoms with Crippen LogP contribution in [0.15, 0.2) is 0 Å². The van der Waals surface area contributed by atoms with Gasteiger partial charge in [0.1, 0.15) is 12.1 Å². The van der Waals surface area contributed by atoms with E-state index in [0.29, 0.717) is 11.5 Å². The molecule has 0 aliphatic carbocycles. The normalized spacial score (nSPS) is 26.4. The molecule has 2 rings (SSSR count). The zero-order chi connectivity index (χ0) is 14.5. The predicted molar refractivity (Wildman–Crippen MR) is 74.8 cm³/mol. The third-order valence-electron chi connectivity index (χ3n) is 2.70. The third kappa shape index (κ3) is 4.04. The number of carbonyl (C=O) groups excluding carboxylic acids is 4. The summed E-state index contributed by atoms with van der Waals surface area (Å²) in [5, 5.41) is 10.2. The molecule has 110 valence electrons. The van der Waals surface area contributed by atoms with Gasteiger partial charge in [-0.3, -0.25) is 19.2 Å². The Labute approximate surface area is 123 Å². The summed E-state index contributed by atoms with van der Waals surface area (Å²) in [6.07, 6.45) is 0. The van der Waals surface area contributed by atoms with Crippen LogP contribution < -0.4 is 21.3 Å². The van der Waals surface area contributed by atoms with E-state index in [9.17, 15) is 19.2 Å². The number of piperazine rings is 2. The molecule has 0 radical (unpaired) electrons. The Hall–Kier alpha value is -1.42. The van der Waals surface area contributed by atoms with Gasteiger partial charge in [0, 0.05) is 11.5 Å². The minimum absolute atomic E-state index is 0.0153. The van der Waals surface area contributed by atoms with E-state index in [-0.39, 0.29) is 36.7 Å². The summed E-state index contributed by atoms with van der Waals surface area (Å²) >= 11 is 0. The van der Waals surface area contributed by atoms with Crippen molar-refractivity contribution in [1.82, 2.24) is 21.3 Å². The van der Waals surface area contributed by atoms with Crippen LogP contribution in [0.3, 0.4) is 0 Å². The lowest BCUT2D eigenvalue weighted by molar-refractivity contribution is -0.133. The number of rotatable bonds is 5. The van der Waals surface area contributed by atoms with Crippen molar-refractivity contribution >= 4 is 45.2 Å². The van der Waals surface area contributed by atoms with E-state index in [4.69, 9.17) is 0 Å². The van der Waals surface area contributed by atoms with Crippen molar-refractivity contribution in [3.63, 3.8) is 0 Å². The first-order chi connectivity index (χ1) is 9.56. The van der Waals surface area contributed by atoms with Gasteiger partial charge in [-0.15, -0.1) is 0 Å². The molecule has 0 spiro atoms. The van der Waals surface area contributed by atoms with Crippen LogP contribution in [-0.2, 0) is 19.2 Å². The summed E-state index contributed by atoms with van der Waals surface area (Å²) in [7, 11) is 2.74. The van der Waals surface area contributed by atoms with Crippen molar-refractivity contribution in [3.05, 3.63) is 0 Å². The molecular weight excluding hydrogens is 304 g/mol. The number of amides is 4. The molecule has 0 saturated carbocycles. The molecule has 0 aromatic heterocycles. The van der Waals surface area contributed by atoms with E-state index < -0.39 is 12.1 Å². The molecule has 2 heterocycles. The Kier molecular flexibility index (Phi) is 5.12. The second-order valence-electron chi connectivity index (χ2n) is 4.24. The molecule has 2 aliphatic rings. The Morgan fingerprint density at radius 2 is 1.20 bits per heavy atom. The van der Waals surface area contributed by atoms with Crippen LogP contribution in [-0.4, -0.2) is 60.3 Å². The molecule has 2 aliphatic heterocycles. The van der Waals surface area contributed by atoms with E-state index in [0.717, 1.165) is 0 Å². The quantitative estimate of drug-likeness (QED) is 0.332. The maximum atomic E-state index is 11.5. The minimum Gasteiger partial charge on any atom is -0.345 e. The first kappa shape index (κ1) is 15.0. The van der Waals surface area contributed by atoms with E-state index in [1.54, 1.807) is 0 Å². The largest absolute Gasteiger partial charge is 0.345 e. The molecule has 8 nitrogen and oxygen atoms in total. The molecule has 4 N–H and O–H groups in total. The lowest BCUT2D eigenvalue weighted by atomic mass is 10.2. The topological polar surface area (TPSA) is 116 Å². The summed E-state index contributed by atoms with van der Waals surface area (Å²) < 4.78 is 0. The Morgan fingerprint density at radius 3 is 1.60 bits per heavy atom. The molecular formula is C10H14N4O4S2. The second-order valence-corrected chi connectivity index (χ2v) is 6.80. The number of carbonyl (C=O) groups is 4. The third-order valence-corrected chi connectivity index (χ3v) is 5.12. The minimum atomic E-state index is -0.552. The van der Waals surface area contributed by atoms with Crippen molar-refractivity contribution in [2.75, 3.05) is 24.6 Å². The highest BCUT2D eigenvalue weighted by Gasteiger charge is 2.28. The van der Waals surface area contributed by atoms with Gasteiger partial charge < -0.3 is 21.3 Å². The first-order valence-electron chi connectivity index (χ1n) is 5.95. The summed E-state index contributed by atoms with van der Waals surface area (Å²) in [5.41, 5.74) is 0. The fourth-order valence-corrected chi connectivity index (χ4v) is 4.00. The van der Waals surface area contributed by atoms with Gasteiger partial charge in [0.2, 0.25) is 23.6 Å². The number of hydrogen-bond acceptors (Lipinski definition) is 6. The van der Waals surface area contributed by atoms with E-state index in [2.05, 4.69) is 21.3 Å². The molecule has 0 aromatic rings. The standard InChI is InChI=1S/C10H14N4O4S2/c15-7-1-11-9(17)5(13-7)3-19-20-4-6-10(18)12-2-8(16)14-6/h5-6H,1-4H2,(H,11,17)(H,12,18)(H,13,15)(H,14,16). The lowest BCUT2D eigenvalue weighted by Gasteiger charge is -2.24. The summed E-state index contributed by atoms with van der Waals surface area (Å²) in [4.78, 5) is 45.2. The Bertz CT molecular complexity index is 405. The summed E-state index contributed by atoms with van der Waals surface area (Å²) in [5.74, 6) is -0.0178. The van der Waals surface area contributed by atoms with Crippen molar-refractivity contribution < 1.29 is 19.2 Å². The van der Waals surface area contributed by atoms with E-state index >= 15 is 0 Å². The zero-order valence-corrected chi connectivity index (χ0v) is 12.1. The molecule has 2 atom stereocenters. The molecule has 20 heavy (non-hydrogen) atoms. The van der Waals surface area contributed by atoms with Crippen LogP contribution >= 0.6 is 21.6 Å². The fourth-order valence-electron chi connectivity index (χ4n) is 1.67. The molecule has 0 aromatic carbocycles. The van der Waals surface area contributed by atoms with Gasteiger partial charge in [-0.2, -0.15) is 0 Å². The average Bonchev–Trinajstić information content (AvgIpc) is 2.42. The molecule has 10 heteroatoms. The summed E-state index contributed by atoms with van der Waals surface area (Å²) in [6, 6.07) is -1.10. The first-order valence-corrected chi connectivity index (χ1v) is 8.43. The second kappa shape index (κ2) is 6.84. The van der Waals surface area contributed by atoms with Crippen LogP contribution in [0.1, 0.15) is 0 Å². The van der Waals surface area contributed by atoms with Crippen LogP contribution in [0.5, 0.6) is 0 Å². The number of nitrogens with one attached hydrogen (secondary N) is 4. The molecule has 2 saturated heterocycles.